The first-order valence-corrected chi connectivity index (χ1v) is 6.74. The largest absolute Gasteiger partial charge is 0.384 e. The Kier molecular flexibility index (Phi) is 3.23. The van der Waals surface area contributed by atoms with Crippen LogP contribution in [0.3, 0.4) is 0 Å². The van der Waals surface area contributed by atoms with E-state index in [0.717, 1.165) is 22.2 Å². The molecule has 3 rings (SSSR count). The maximum atomic E-state index is 13.2. The summed E-state index contributed by atoms with van der Waals surface area (Å²) in [6.45, 7) is 0. The fourth-order valence-corrected chi connectivity index (χ4v) is 3.08. The molecule has 0 radical (unpaired) electrons. The lowest BCUT2D eigenvalue weighted by atomic mass is 10.00. The van der Waals surface area contributed by atoms with Gasteiger partial charge in [-0.15, -0.1) is 11.3 Å². The van der Waals surface area contributed by atoms with Gasteiger partial charge in [0.2, 0.25) is 0 Å². The lowest BCUT2D eigenvalue weighted by Crippen LogP contribution is -2.03. The molecule has 1 N–H and O–H groups in total. The van der Waals surface area contributed by atoms with Crippen molar-refractivity contribution in [3.8, 4) is 0 Å². The standard InChI is InChI=1S/C15H9F3OS/c16-11-6-9(7-12(17)13(11)18)14(19)10-3-1-2-8-4-5-20-15(8)10/h1-7,14,19H. The van der Waals surface area contributed by atoms with E-state index in [1.54, 1.807) is 12.1 Å². The van der Waals surface area contributed by atoms with Crippen LogP contribution in [0.1, 0.15) is 17.2 Å². The van der Waals surface area contributed by atoms with Crippen molar-refractivity contribution < 1.29 is 18.3 Å². The zero-order valence-electron chi connectivity index (χ0n) is 10.1. The van der Waals surface area contributed by atoms with Crippen LogP contribution >= 0.6 is 11.3 Å². The van der Waals surface area contributed by atoms with Gasteiger partial charge in [0, 0.05) is 10.3 Å². The summed E-state index contributed by atoms with van der Waals surface area (Å²) < 4.78 is 40.3. The Bertz CT molecular complexity index is 759. The molecule has 1 aromatic heterocycles. The van der Waals surface area contributed by atoms with E-state index in [4.69, 9.17) is 0 Å². The second-order valence-electron chi connectivity index (χ2n) is 4.39. The highest BCUT2D eigenvalue weighted by Gasteiger charge is 2.19. The Balaban J connectivity index is 2.13. The Labute approximate surface area is 116 Å². The fourth-order valence-electron chi connectivity index (χ4n) is 2.14. The minimum absolute atomic E-state index is 0.0118. The van der Waals surface area contributed by atoms with Gasteiger partial charge >= 0.3 is 0 Å². The summed E-state index contributed by atoms with van der Waals surface area (Å²) in [5.41, 5.74) is 0.533. The van der Waals surface area contributed by atoms with E-state index in [2.05, 4.69) is 0 Å². The highest BCUT2D eigenvalue weighted by atomic mass is 32.1. The van der Waals surface area contributed by atoms with E-state index in [-0.39, 0.29) is 5.56 Å². The summed E-state index contributed by atoms with van der Waals surface area (Å²) in [6, 6.07) is 8.84. The van der Waals surface area contributed by atoms with Crippen molar-refractivity contribution in [3.05, 3.63) is 70.4 Å². The number of rotatable bonds is 2. The molecule has 1 unspecified atom stereocenters. The third-order valence-corrected chi connectivity index (χ3v) is 4.11. The molecular weight excluding hydrogens is 285 g/mol. The average molecular weight is 294 g/mol. The van der Waals surface area contributed by atoms with E-state index in [0.29, 0.717) is 5.56 Å². The Hall–Kier alpha value is -1.85. The van der Waals surface area contributed by atoms with Crippen LogP contribution in [0, 0.1) is 17.5 Å². The van der Waals surface area contributed by atoms with Gasteiger partial charge in [-0.25, -0.2) is 13.2 Å². The molecule has 3 aromatic rings. The van der Waals surface area contributed by atoms with Crippen molar-refractivity contribution in [3.63, 3.8) is 0 Å². The molecule has 0 aliphatic heterocycles. The van der Waals surface area contributed by atoms with Gasteiger partial charge < -0.3 is 5.11 Å². The van der Waals surface area contributed by atoms with Crippen molar-refractivity contribution >= 4 is 21.4 Å². The van der Waals surface area contributed by atoms with Crippen molar-refractivity contribution in [2.45, 2.75) is 6.10 Å². The molecule has 5 heteroatoms. The van der Waals surface area contributed by atoms with Gasteiger partial charge in [0.05, 0.1) is 0 Å². The van der Waals surface area contributed by atoms with Crippen molar-refractivity contribution in [1.82, 2.24) is 0 Å². The molecule has 0 aliphatic carbocycles. The molecular formula is C15H9F3OS. The zero-order valence-corrected chi connectivity index (χ0v) is 10.9. The molecule has 0 saturated heterocycles. The van der Waals surface area contributed by atoms with Crippen LogP contribution in [0.25, 0.3) is 10.1 Å². The summed E-state index contributed by atoms with van der Waals surface area (Å²) in [5, 5.41) is 13.1. The summed E-state index contributed by atoms with van der Waals surface area (Å²) >= 11 is 1.43. The minimum atomic E-state index is -1.53. The quantitative estimate of drug-likeness (QED) is 0.695. The minimum Gasteiger partial charge on any atom is -0.384 e. The highest BCUT2D eigenvalue weighted by Crippen LogP contribution is 2.33. The van der Waals surface area contributed by atoms with E-state index < -0.39 is 23.6 Å². The van der Waals surface area contributed by atoms with Gasteiger partial charge in [-0.2, -0.15) is 0 Å². The lowest BCUT2D eigenvalue weighted by Gasteiger charge is -2.13. The van der Waals surface area contributed by atoms with Crippen LogP contribution in [-0.4, -0.2) is 5.11 Å². The maximum Gasteiger partial charge on any atom is 0.194 e. The number of hydrogen-bond acceptors (Lipinski definition) is 2. The monoisotopic (exact) mass is 294 g/mol. The third-order valence-electron chi connectivity index (χ3n) is 3.13. The first-order valence-electron chi connectivity index (χ1n) is 5.86. The molecule has 0 bridgehead atoms. The number of hydrogen-bond donors (Lipinski definition) is 1. The molecule has 1 nitrogen and oxygen atoms in total. The van der Waals surface area contributed by atoms with Gasteiger partial charge in [0.1, 0.15) is 6.10 Å². The molecule has 1 heterocycles. The lowest BCUT2D eigenvalue weighted by molar-refractivity contribution is 0.220. The van der Waals surface area contributed by atoms with Gasteiger partial charge in [-0.1, -0.05) is 18.2 Å². The SMILES string of the molecule is OC(c1cc(F)c(F)c(F)c1)c1cccc2ccsc12. The number of benzene rings is 2. The number of aliphatic hydroxyl groups is 1. The first kappa shape index (κ1) is 13.1. The molecule has 0 spiro atoms. The predicted octanol–water partition coefficient (Wildman–Crippen LogP) is 4.40. The second kappa shape index (κ2) is 4.92. The van der Waals surface area contributed by atoms with E-state index in [1.165, 1.54) is 11.3 Å². The summed E-state index contributed by atoms with van der Waals surface area (Å²) in [5.74, 6) is -4.15. The number of thiophene rings is 1. The van der Waals surface area contributed by atoms with Crippen molar-refractivity contribution in [2.24, 2.45) is 0 Å². The van der Waals surface area contributed by atoms with Crippen molar-refractivity contribution in [1.29, 1.82) is 0 Å². The van der Waals surface area contributed by atoms with Crippen LogP contribution in [-0.2, 0) is 0 Å². The van der Waals surface area contributed by atoms with Gasteiger partial charge in [0.25, 0.3) is 0 Å². The Morgan fingerprint density at radius 2 is 1.70 bits per heavy atom. The van der Waals surface area contributed by atoms with Gasteiger partial charge in [0.15, 0.2) is 17.5 Å². The predicted molar refractivity (Wildman–Crippen MR) is 72.2 cm³/mol. The van der Waals surface area contributed by atoms with Crippen molar-refractivity contribution in [2.75, 3.05) is 0 Å². The molecule has 0 fully saturated rings. The second-order valence-corrected chi connectivity index (χ2v) is 5.30. The molecule has 0 aliphatic rings. The highest BCUT2D eigenvalue weighted by molar-refractivity contribution is 7.17. The van der Waals surface area contributed by atoms with E-state index in [1.807, 2.05) is 17.5 Å². The molecule has 2 aromatic carbocycles. The molecule has 0 saturated carbocycles. The van der Waals surface area contributed by atoms with Crippen LogP contribution in [0.5, 0.6) is 0 Å². The molecule has 20 heavy (non-hydrogen) atoms. The van der Waals surface area contributed by atoms with Gasteiger partial charge in [-0.05, 0) is 34.5 Å². The fraction of sp³-hybridized carbons (Fsp3) is 0.0667. The normalized spacial score (nSPS) is 12.8. The summed E-state index contributed by atoms with van der Waals surface area (Å²) in [7, 11) is 0. The molecule has 102 valence electrons. The molecule has 1 atom stereocenters. The first-order chi connectivity index (χ1) is 9.58. The van der Waals surface area contributed by atoms with Crippen LogP contribution in [0.4, 0.5) is 13.2 Å². The average Bonchev–Trinajstić information content (AvgIpc) is 2.91. The maximum absolute atomic E-state index is 13.2. The van der Waals surface area contributed by atoms with Gasteiger partial charge in [-0.3, -0.25) is 0 Å². The van der Waals surface area contributed by atoms with Crippen LogP contribution in [0.15, 0.2) is 41.8 Å². The van der Waals surface area contributed by atoms with E-state index >= 15 is 0 Å². The topological polar surface area (TPSA) is 20.2 Å². The Morgan fingerprint density at radius 1 is 1.00 bits per heavy atom. The van der Waals surface area contributed by atoms with Crippen LogP contribution < -0.4 is 0 Å². The number of halogens is 3. The summed E-state index contributed by atoms with van der Waals surface area (Å²) in [4.78, 5) is 0. The Morgan fingerprint density at radius 3 is 2.40 bits per heavy atom. The molecule has 0 amide bonds. The number of aliphatic hydroxyl groups excluding tert-OH is 1. The van der Waals surface area contributed by atoms with E-state index in [9.17, 15) is 18.3 Å². The third kappa shape index (κ3) is 2.09. The van der Waals surface area contributed by atoms with Crippen LogP contribution in [0.2, 0.25) is 0 Å². The number of fused-ring (bicyclic) bond motifs is 1. The summed E-state index contributed by atoms with van der Waals surface area (Å²) in [6.07, 6.45) is -1.21. The zero-order chi connectivity index (χ0) is 14.3. The smallest absolute Gasteiger partial charge is 0.194 e.